The molecular formula is C23H16N4O3S. The fraction of sp³-hybridized carbons (Fsp3) is 0.0435. The summed E-state index contributed by atoms with van der Waals surface area (Å²) < 4.78 is 10.6. The molecule has 0 fully saturated rings. The highest BCUT2D eigenvalue weighted by molar-refractivity contribution is 7.13. The zero-order valence-corrected chi connectivity index (χ0v) is 17.0. The normalized spacial score (nSPS) is 10.8. The summed E-state index contributed by atoms with van der Waals surface area (Å²) in [6.07, 6.45) is 1.92. The molecule has 0 spiro atoms. The summed E-state index contributed by atoms with van der Waals surface area (Å²) in [4.78, 5) is 21.6. The number of amides is 1. The van der Waals surface area contributed by atoms with Crippen LogP contribution < -0.4 is 5.32 Å². The quantitative estimate of drug-likeness (QED) is 0.395. The first kappa shape index (κ1) is 19.0. The Morgan fingerprint density at radius 1 is 0.968 bits per heavy atom. The zero-order chi connectivity index (χ0) is 21.0. The van der Waals surface area contributed by atoms with Gasteiger partial charge in [-0.25, -0.2) is 4.98 Å². The number of para-hydroxylation sites is 1. The molecule has 1 N–H and O–H groups in total. The van der Waals surface area contributed by atoms with Crippen LogP contribution in [0.1, 0.15) is 21.9 Å². The fourth-order valence-electron chi connectivity index (χ4n) is 3.07. The number of nitrogens with zero attached hydrogens (tertiary/aromatic N) is 3. The molecule has 8 heteroatoms. The number of benzene rings is 2. The van der Waals surface area contributed by atoms with Crippen LogP contribution in [0.4, 0.5) is 5.69 Å². The molecule has 0 atom stereocenters. The molecule has 152 valence electrons. The Kier molecular flexibility index (Phi) is 5.12. The Bertz CT molecular complexity index is 1310. The maximum atomic E-state index is 12.8. The number of carbonyl (C=O) groups is 1. The molecule has 0 bridgehead atoms. The van der Waals surface area contributed by atoms with E-state index >= 15 is 0 Å². The minimum Gasteiger partial charge on any atom is -0.461 e. The molecule has 0 aliphatic heterocycles. The Morgan fingerprint density at radius 2 is 1.81 bits per heavy atom. The molecule has 5 rings (SSSR count). The fourth-order valence-corrected chi connectivity index (χ4v) is 3.88. The number of aromatic nitrogens is 3. The number of furan rings is 1. The first-order chi connectivity index (χ1) is 15.3. The van der Waals surface area contributed by atoms with Gasteiger partial charge in [-0.05, 0) is 23.8 Å². The van der Waals surface area contributed by atoms with Crippen LogP contribution in [-0.2, 0) is 6.42 Å². The Labute approximate surface area is 181 Å². The summed E-state index contributed by atoms with van der Waals surface area (Å²) in [5, 5.41) is 9.45. The molecule has 3 aromatic heterocycles. The van der Waals surface area contributed by atoms with E-state index in [4.69, 9.17) is 8.94 Å². The molecule has 0 aliphatic carbocycles. The van der Waals surface area contributed by atoms with E-state index in [-0.39, 0.29) is 5.91 Å². The SMILES string of the molecule is O=C(Nc1ccccc1Cc1nc(-c2ccco2)no1)c1csc(-c2ccccc2)n1. The van der Waals surface area contributed by atoms with E-state index in [0.717, 1.165) is 16.1 Å². The maximum absolute atomic E-state index is 12.8. The van der Waals surface area contributed by atoms with Crippen LogP contribution in [0, 0.1) is 0 Å². The molecule has 0 unspecified atom stereocenters. The third kappa shape index (κ3) is 4.15. The standard InChI is InChI=1S/C23H16N4O3S/c28-22(18-14-31-23(25-18)15-7-2-1-3-8-15)24-17-10-5-4-9-16(17)13-20-26-21(27-30-20)19-11-6-12-29-19/h1-12,14H,13H2,(H,24,28). The lowest BCUT2D eigenvalue weighted by Gasteiger charge is -2.08. The van der Waals surface area contributed by atoms with Gasteiger partial charge in [0.25, 0.3) is 5.91 Å². The topological polar surface area (TPSA) is 94.1 Å². The number of thiazole rings is 1. The first-order valence-corrected chi connectivity index (χ1v) is 10.4. The van der Waals surface area contributed by atoms with E-state index in [1.54, 1.807) is 23.8 Å². The van der Waals surface area contributed by atoms with Gasteiger partial charge in [0.2, 0.25) is 11.7 Å². The van der Waals surface area contributed by atoms with Crippen LogP contribution in [0.5, 0.6) is 0 Å². The minimum absolute atomic E-state index is 0.271. The Hall–Kier alpha value is -4.04. The van der Waals surface area contributed by atoms with E-state index in [1.807, 2.05) is 54.6 Å². The van der Waals surface area contributed by atoms with Crippen LogP contribution in [-0.4, -0.2) is 21.0 Å². The number of carbonyl (C=O) groups excluding carboxylic acids is 1. The number of rotatable bonds is 6. The van der Waals surface area contributed by atoms with Gasteiger partial charge in [0.1, 0.15) is 10.7 Å². The van der Waals surface area contributed by atoms with E-state index in [1.165, 1.54) is 11.3 Å². The molecule has 0 aliphatic rings. The van der Waals surface area contributed by atoms with Gasteiger partial charge < -0.3 is 14.3 Å². The van der Waals surface area contributed by atoms with E-state index in [2.05, 4.69) is 20.4 Å². The van der Waals surface area contributed by atoms with Crippen molar-refractivity contribution in [2.45, 2.75) is 6.42 Å². The second kappa shape index (κ2) is 8.37. The summed E-state index contributed by atoms with van der Waals surface area (Å²) in [5.41, 5.74) is 2.87. The van der Waals surface area contributed by atoms with Crippen molar-refractivity contribution in [2.75, 3.05) is 5.32 Å². The van der Waals surface area contributed by atoms with Gasteiger partial charge in [-0.2, -0.15) is 4.98 Å². The van der Waals surface area contributed by atoms with Gasteiger partial charge in [0.15, 0.2) is 5.76 Å². The highest BCUT2D eigenvalue weighted by Crippen LogP contribution is 2.25. The van der Waals surface area contributed by atoms with Crippen molar-refractivity contribution in [3.05, 3.63) is 95.5 Å². The van der Waals surface area contributed by atoms with Gasteiger partial charge in [-0.3, -0.25) is 4.79 Å². The molecule has 31 heavy (non-hydrogen) atoms. The summed E-state index contributed by atoms with van der Waals surface area (Å²) >= 11 is 1.44. The molecular weight excluding hydrogens is 412 g/mol. The van der Waals surface area contributed by atoms with E-state index < -0.39 is 0 Å². The summed E-state index contributed by atoms with van der Waals surface area (Å²) in [5.74, 6) is 1.08. The monoisotopic (exact) mass is 428 g/mol. The second-order valence-corrected chi connectivity index (χ2v) is 7.54. The van der Waals surface area contributed by atoms with Crippen molar-refractivity contribution in [1.82, 2.24) is 15.1 Å². The van der Waals surface area contributed by atoms with Crippen molar-refractivity contribution >= 4 is 22.9 Å². The molecule has 0 saturated heterocycles. The maximum Gasteiger partial charge on any atom is 0.275 e. The number of hydrogen-bond donors (Lipinski definition) is 1. The predicted octanol–water partition coefficient (Wildman–Crippen LogP) is 5.30. The summed E-state index contributed by atoms with van der Waals surface area (Å²) in [7, 11) is 0. The molecule has 5 aromatic rings. The van der Waals surface area contributed by atoms with Crippen LogP contribution in [0.15, 0.2) is 87.3 Å². The Morgan fingerprint density at radius 3 is 2.65 bits per heavy atom. The average molecular weight is 428 g/mol. The molecule has 2 aromatic carbocycles. The lowest BCUT2D eigenvalue weighted by Crippen LogP contribution is -2.13. The number of nitrogens with one attached hydrogen (secondary N) is 1. The van der Waals surface area contributed by atoms with Gasteiger partial charge >= 0.3 is 0 Å². The van der Waals surface area contributed by atoms with Crippen LogP contribution in [0.3, 0.4) is 0 Å². The summed E-state index contributed by atoms with van der Waals surface area (Å²) in [6.45, 7) is 0. The highest BCUT2D eigenvalue weighted by Gasteiger charge is 2.16. The molecule has 0 saturated carbocycles. The minimum atomic E-state index is -0.271. The summed E-state index contributed by atoms with van der Waals surface area (Å²) in [6, 6.07) is 20.8. The largest absolute Gasteiger partial charge is 0.461 e. The van der Waals surface area contributed by atoms with E-state index in [9.17, 15) is 4.79 Å². The number of anilines is 1. The first-order valence-electron chi connectivity index (χ1n) is 9.53. The van der Waals surface area contributed by atoms with E-state index in [0.29, 0.717) is 35.3 Å². The van der Waals surface area contributed by atoms with Crippen molar-refractivity contribution in [3.63, 3.8) is 0 Å². The van der Waals surface area contributed by atoms with Gasteiger partial charge in [0.05, 0.1) is 12.7 Å². The van der Waals surface area contributed by atoms with Crippen molar-refractivity contribution in [1.29, 1.82) is 0 Å². The lowest BCUT2D eigenvalue weighted by molar-refractivity contribution is 0.102. The second-order valence-electron chi connectivity index (χ2n) is 6.68. The third-order valence-electron chi connectivity index (χ3n) is 4.57. The van der Waals surface area contributed by atoms with Crippen molar-refractivity contribution < 1.29 is 13.7 Å². The van der Waals surface area contributed by atoms with Gasteiger partial charge in [-0.15, -0.1) is 11.3 Å². The molecule has 1 amide bonds. The van der Waals surface area contributed by atoms with Crippen LogP contribution in [0.2, 0.25) is 0 Å². The lowest BCUT2D eigenvalue weighted by atomic mass is 10.1. The third-order valence-corrected chi connectivity index (χ3v) is 5.47. The molecule has 7 nitrogen and oxygen atoms in total. The Balaban J connectivity index is 1.33. The van der Waals surface area contributed by atoms with Crippen LogP contribution in [0.25, 0.3) is 22.2 Å². The average Bonchev–Trinajstić information content (AvgIpc) is 3.57. The zero-order valence-electron chi connectivity index (χ0n) is 16.2. The highest BCUT2D eigenvalue weighted by atomic mass is 32.1. The molecule has 3 heterocycles. The van der Waals surface area contributed by atoms with Crippen molar-refractivity contribution in [2.24, 2.45) is 0 Å². The van der Waals surface area contributed by atoms with Gasteiger partial charge in [-0.1, -0.05) is 53.7 Å². The smallest absolute Gasteiger partial charge is 0.275 e. The predicted molar refractivity (Wildman–Crippen MR) is 117 cm³/mol. The number of hydrogen-bond acceptors (Lipinski definition) is 7. The van der Waals surface area contributed by atoms with Crippen LogP contribution >= 0.6 is 11.3 Å². The van der Waals surface area contributed by atoms with Gasteiger partial charge in [0, 0.05) is 16.6 Å². The molecule has 0 radical (unpaired) electrons. The van der Waals surface area contributed by atoms with Crippen molar-refractivity contribution in [3.8, 4) is 22.2 Å².